The van der Waals surface area contributed by atoms with Gasteiger partial charge in [0.25, 0.3) is 5.91 Å². The summed E-state index contributed by atoms with van der Waals surface area (Å²) in [5, 5.41) is 2.65. The van der Waals surface area contributed by atoms with Gasteiger partial charge in [-0.15, -0.1) is 6.58 Å². The zero-order valence-electron chi connectivity index (χ0n) is 13.1. The molecule has 0 saturated carbocycles. The minimum Gasteiger partial charge on any atom is -0.348 e. The Balaban J connectivity index is 2.16. The number of carbonyl (C=O) groups excluding carboxylic acids is 1. The third kappa shape index (κ3) is 5.12. The average molecular weight is 383 g/mol. The topological polar surface area (TPSA) is 75.3 Å². The van der Waals surface area contributed by atoms with Gasteiger partial charge < -0.3 is 5.32 Å². The van der Waals surface area contributed by atoms with E-state index in [1.165, 1.54) is 36.4 Å². The number of rotatable bonds is 7. The molecule has 132 valence electrons. The number of nitrogens with one attached hydrogen (secondary N) is 2. The standard InChI is InChI=1S/C17H16ClFN2O3S/c1-2-9-21-25(23,24)16-10-13(5-8-15(16)18)17(22)20-11-12-3-6-14(19)7-4-12/h2-8,10,21H,1,9,11H2,(H,20,22). The molecule has 0 atom stereocenters. The number of benzene rings is 2. The molecular formula is C17H16ClFN2O3S. The van der Waals surface area contributed by atoms with Crippen molar-refractivity contribution in [1.82, 2.24) is 10.0 Å². The molecule has 0 bridgehead atoms. The predicted octanol–water partition coefficient (Wildman–Crippen LogP) is 2.87. The van der Waals surface area contributed by atoms with Crippen molar-refractivity contribution in [2.24, 2.45) is 0 Å². The zero-order valence-corrected chi connectivity index (χ0v) is 14.7. The Bertz CT molecular complexity index is 883. The van der Waals surface area contributed by atoms with Crippen LogP contribution in [-0.4, -0.2) is 20.9 Å². The van der Waals surface area contributed by atoms with Crippen molar-refractivity contribution < 1.29 is 17.6 Å². The molecule has 0 heterocycles. The highest BCUT2D eigenvalue weighted by Gasteiger charge is 2.19. The first kappa shape index (κ1) is 19.1. The third-order valence-electron chi connectivity index (χ3n) is 3.27. The number of amides is 1. The van der Waals surface area contributed by atoms with Crippen LogP contribution in [0.2, 0.25) is 5.02 Å². The maximum absolute atomic E-state index is 12.9. The van der Waals surface area contributed by atoms with Gasteiger partial charge in [-0.25, -0.2) is 17.5 Å². The summed E-state index contributed by atoms with van der Waals surface area (Å²) in [6.45, 7) is 3.66. The van der Waals surface area contributed by atoms with E-state index in [0.29, 0.717) is 5.56 Å². The van der Waals surface area contributed by atoms with Crippen LogP contribution in [0.5, 0.6) is 0 Å². The SMILES string of the molecule is C=CCNS(=O)(=O)c1cc(C(=O)NCc2ccc(F)cc2)ccc1Cl. The molecule has 2 aromatic rings. The number of carbonyl (C=O) groups is 1. The van der Waals surface area contributed by atoms with Gasteiger partial charge in [-0.1, -0.05) is 29.8 Å². The van der Waals surface area contributed by atoms with Crippen LogP contribution in [-0.2, 0) is 16.6 Å². The molecule has 2 aromatic carbocycles. The molecule has 0 fully saturated rings. The number of halogens is 2. The molecule has 2 N–H and O–H groups in total. The summed E-state index contributed by atoms with van der Waals surface area (Å²) in [7, 11) is -3.86. The molecule has 0 spiro atoms. The molecule has 0 aliphatic rings. The molecule has 0 radical (unpaired) electrons. The van der Waals surface area contributed by atoms with Gasteiger partial charge in [0.05, 0.1) is 5.02 Å². The molecule has 0 aliphatic heterocycles. The normalized spacial score (nSPS) is 11.1. The van der Waals surface area contributed by atoms with Crippen LogP contribution >= 0.6 is 11.6 Å². The summed E-state index contributed by atoms with van der Waals surface area (Å²) < 4.78 is 39.5. The summed E-state index contributed by atoms with van der Waals surface area (Å²) in [5.41, 5.74) is 0.856. The van der Waals surface area contributed by atoms with Crippen LogP contribution in [0, 0.1) is 5.82 Å². The van der Waals surface area contributed by atoms with Crippen molar-refractivity contribution in [3.05, 3.63) is 77.1 Å². The van der Waals surface area contributed by atoms with Gasteiger partial charge in [0.15, 0.2) is 0 Å². The summed E-state index contributed by atoms with van der Waals surface area (Å²) in [4.78, 5) is 12.0. The van der Waals surface area contributed by atoms with Crippen LogP contribution in [0.25, 0.3) is 0 Å². The fourth-order valence-electron chi connectivity index (χ4n) is 1.98. The maximum atomic E-state index is 12.9. The smallest absolute Gasteiger partial charge is 0.251 e. The molecule has 8 heteroatoms. The van der Waals surface area contributed by atoms with E-state index in [2.05, 4.69) is 16.6 Å². The summed E-state index contributed by atoms with van der Waals surface area (Å²) >= 11 is 5.94. The fraction of sp³-hybridized carbons (Fsp3) is 0.118. The lowest BCUT2D eigenvalue weighted by atomic mass is 10.2. The number of sulfonamides is 1. The summed E-state index contributed by atoms with van der Waals surface area (Å²) in [6.07, 6.45) is 1.39. The van der Waals surface area contributed by atoms with Crippen LogP contribution in [0.3, 0.4) is 0 Å². The third-order valence-corrected chi connectivity index (χ3v) is 5.17. The van der Waals surface area contributed by atoms with E-state index in [1.807, 2.05) is 0 Å². The molecule has 0 aliphatic carbocycles. The predicted molar refractivity (Wildman–Crippen MR) is 94.4 cm³/mol. The largest absolute Gasteiger partial charge is 0.348 e. The minimum absolute atomic E-state index is 0.00615. The minimum atomic E-state index is -3.86. The van der Waals surface area contributed by atoms with Crippen molar-refractivity contribution in [2.45, 2.75) is 11.4 Å². The van der Waals surface area contributed by atoms with E-state index < -0.39 is 15.9 Å². The highest BCUT2D eigenvalue weighted by atomic mass is 35.5. The Hall–Kier alpha value is -2.22. The first-order chi connectivity index (χ1) is 11.8. The Morgan fingerprint density at radius 1 is 1.20 bits per heavy atom. The summed E-state index contributed by atoms with van der Waals surface area (Å²) in [5.74, 6) is -0.837. The lowest BCUT2D eigenvalue weighted by Crippen LogP contribution is -2.26. The first-order valence-electron chi connectivity index (χ1n) is 7.26. The van der Waals surface area contributed by atoms with Crippen LogP contribution in [0.15, 0.2) is 60.0 Å². The molecule has 5 nitrogen and oxygen atoms in total. The lowest BCUT2D eigenvalue weighted by molar-refractivity contribution is 0.0950. The number of hydrogen-bond donors (Lipinski definition) is 2. The first-order valence-corrected chi connectivity index (χ1v) is 9.12. The molecule has 25 heavy (non-hydrogen) atoms. The van der Waals surface area contributed by atoms with E-state index in [0.717, 1.165) is 0 Å². The van der Waals surface area contributed by atoms with E-state index >= 15 is 0 Å². The van der Waals surface area contributed by atoms with Crippen molar-refractivity contribution in [3.63, 3.8) is 0 Å². The quantitative estimate of drug-likeness (QED) is 0.723. The average Bonchev–Trinajstić information content (AvgIpc) is 2.59. The second kappa shape index (κ2) is 8.24. The van der Waals surface area contributed by atoms with Gasteiger partial charge in [-0.3, -0.25) is 4.79 Å². The second-order valence-electron chi connectivity index (χ2n) is 5.09. The highest BCUT2D eigenvalue weighted by Crippen LogP contribution is 2.22. The van der Waals surface area contributed by atoms with Crippen molar-refractivity contribution in [3.8, 4) is 0 Å². The Morgan fingerprint density at radius 2 is 1.88 bits per heavy atom. The van der Waals surface area contributed by atoms with E-state index in [9.17, 15) is 17.6 Å². The van der Waals surface area contributed by atoms with Gasteiger partial charge in [-0.05, 0) is 35.9 Å². The molecule has 0 saturated heterocycles. The van der Waals surface area contributed by atoms with Gasteiger partial charge in [0.2, 0.25) is 10.0 Å². The van der Waals surface area contributed by atoms with Crippen molar-refractivity contribution in [2.75, 3.05) is 6.54 Å². The highest BCUT2D eigenvalue weighted by molar-refractivity contribution is 7.89. The van der Waals surface area contributed by atoms with E-state index in [-0.39, 0.29) is 34.4 Å². The van der Waals surface area contributed by atoms with Crippen molar-refractivity contribution in [1.29, 1.82) is 0 Å². The van der Waals surface area contributed by atoms with Gasteiger partial charge in [0.1, 0.15) is 10.7 Å². The van der Waals surface area contributed by atoms with Gasteiger partial charge in [-0.2, -0.15) is 0 Å². The molecule has 1 amide bonds. The maximum Gasteiger partial charge on any atom is 0.251 e. The zero-order chi connectivity index (χ0) is 18.4. The van der Waals surface area contributed by atoms with E-state index in [4.69, 9.17) is 11.6 Å². The van der Waals surface area contributed by atoms with Crippen molar-refractivity contribution >= 4 is 27.5 Å². The molecule has 0 unspecified atom stereocenters. The van der Waals surface area contributed by atoms with Crippen LogP contribution < -0.4 is 10.0 Å². The monoisotopic (exact) mass is 382 g/mol. The lowest BCUT2D eigenvalue weighted by Gasteiger charge is -2.10. The molecule has 0 aromatic heterocycles. The van der Waals surface area contributed by atoms with Crippen LogP contribution in [0.4, 0.5) is 4.39 Å². The Labute approximate surface area is 150 Å². The van der Waals surface area contributed by atoms with Crippen LogP contribution in [0.1, 0.15) is 15.9 Å². The Kier molecular flexibility index (Phi) is 6.30. The summed E-state index contributed by atoms with van der Waals surface area (Å²) in [6, 6.07) is 9.65. The van der Waals surface area contributed by atoms with Gasteiger partial charge >= 0.3 is 0 Å². The second-order valence-corrected chi connectivity index (χ2v) is 7.24. The van der Waals surface area contributed by atoms with Gasteiger partial charge in [0, 0.05) is 18.7 Å². The molecule has 2 rings (SSSR count). The number of hydrogen-bond acceptors (Lipinski definition) is 3. The fourth-order valence-corrected chi connectivity index (χ4v) is 3.51. The Morgan fingerprint density at radius 3 is 2.52 bits per heavy atom. The molecular weight excluding hydrogens is 367 g/mol. The van der Waals surface area contributed by atoms with E-state index in [1.54, 1.807) is 12.1 Å².